The van der Waals surface area contributed by atoms with Crippen LogP contribution >= 0.6 is 0 Å². The number of benzene rings is 1. The predicted octanol–water partition coefficient (Wildman–Crippen LogP) is 1.41. The van der Waals surface area contributed by atoms with E-state index in [0.717, 1.165) is 5.56 Å². The van der Waals surface area contributed by atoms with Crippen molar-refractivity contribution in [2.45, 2.75) is 13.0 Å². The van der Waals surface area contributed by atoms with E-state index in [-0.39, 0.29) is 0 Å². The van der Waals surface area contributed by atoms with E-state index in [1.54, 1.807) is 6.92 Å². The molecular weight excluding hydrogens is 166 g/mol. The number of carbonyl (C=O) groups is 1. The Balaban J connectivity index is 2.79. The maximum absolute atomic E-state index is 10.6. The van der Waals surface area contributed by atoms with E-state index >= 15 is 0 Å². The Kier molecular flexibility index (Phi) is 3.03. The van der Waals surface area contributed by atoms with Crippen molar-refractivity contribution in [3.8, 4) is 0 Å². The minimum atomic E-state index is -0.864. The Morgan fingerprint density at radius 3 is 2.38 bits per heavy atom. The van der Waals surface area contributed by atoms with E-state index in [0.29, 0.717) is 0 Å². The number of carboxylic acids is 1. The van der Waals surface area contributed by atoms with Crippen LogP contribution < -0.4 is 5.73 Å². The molecule has 1 aromatic rings. The Morgan fingerprint density at radius 1 is 1.38 bits per heavy atom. The summed E-state index contributed by atoms with van der Waals surface area (Å²) in [6, 6.07) is 8.82. The van der Waals surface area contributed by atoms with Gasteiger partial charge in [-0.25, -0.2) is 0 Å². The normalized spacial score (nSPS) is 14.9. The van der Waals surface area contributed by atoms with Crippen LogP contribution in [0, 0.1) is 5.92 Å². The summed E-state index contributed by atoms with van der Waals surface area (Å²) in [4.78, 5) is 10.6. The van der Waals surface area contributed by atoms with Gasteiger partial charge in [-0.1, -0.05) is 37.3 Å². The van der Waals surface area contributed by atoms with E-state index in [1.807, 2.05) is 30.3 Å². The zero-order valence-corrected chi connectivity index (χ0v) is 7.47. The van der Waals surface area contributed by atoms with Gasteiger partial charge in [0.1, 0.15) is 0 Å². The third-order valence-electron chi connectivity index (χ3n) is 2.11. The van der Waals surface area contributed by atoms with Gasteiger partial charge in [0.2, 0.25) is 0 Å². The molecule has 13 heavy (non-hydrogen) atoms. The summed E-state index contributed by atoms with van der Waals surface area (Å²) < 4.78 is 0. The molecule has 1 rings (SSSR count). The number of hydrogen-bond donors (Lipinski definition) is 2. The Hall–Kier alpha value is -1.35. The minimum Gasteiger partial charge on any atom is -0.481 e. The first-order chi connectivity index (χ1) is 6.13. The second-order valence-corrected chi connectivity index (χ2v) is 3.06. The van der Waals surface area contributed by atoms with Crippen molar-refractivity contribution < 1.29 is 9.90 Å². The SMILES string of the molecule is C[C@@H](C(=O)O)[C@@H](N)c1ccccc1. The summed E-state index contributed by atoms with van der Waals surface area (Å²) in [6.45, 7) is 1.61. The lowest BCUT2D eigenvalue weighted by Crippen LogP contribution is -2.25. The van der Waals surface area contributed by atoms with Crippen LogP contribution in [-0.2, 0) is 4.79 Å². The van der Waals surface area contributed by atoms with Crippen LogP contribution in [0.3, 0.4) is 0 Å². The minimum absolute atomic E-state index is 0.432. The lowest BCUT2D eigenvalue weighted by atomic mass is 9.96. The van der Waals surface area contributed by atoms with E-state index in [2.05, 4.69) is 0 Å². The summed E-state index contributed by atoms with van der Waals surface area (Å²) in [7, 11) is 0. The molecule has 0 saturated carbocycles. The van der Waals surface area contributed by atoms with Gasteiger partial charge in [-0.2, -0.15) is 0 Å². The summed E-state index contributed by atoms with van der Waals surface area (Å²) in [5.41, 5.74) is 6.62. The molecule has 3 heteroatoms. The first kappa shape index (κ1) is 9.74. The molecule has 3 nitrogen and oxygen atoms in total. The lowest BCUT2D eigenvalue weighted by Gasteiger charge is -2.15. The van der Waals surface area contributed by atoms with Crippen LogP contribution in [0.2, 0.25) is 0 Å². The van der Waals surface area contributed by atoms with Gasteiger partial charge < -0.3 is 10.8 Å². The van der Waals surface area contributed by atoms with Gasteiger partial charge >= 0.3 is 5.97 Å². The quantitative estimate of drug-likeness (QED) is 0.737. The highest BCUT2D eigenvalue weighted by molar-refractivity contribution is 5.70. The molecule has 0 aromatic heterocycles. The fourth-order valence-electron chi connectivity index (χ4n) is 1.12. The lowest BCUT2D eigenvalue weighted by molar-refractivity contribution is -0.141. The average Bonchev–Trinajstić information content (AvgIpc) is 2.17. The summed E-state index contributed by atoms with van der Waals surface area (Å²) >= 11 is 0. The molecular formula is C10H13NO2. The zero-order chi connectivity index (χ0) is 9.84. The van der Waals surface area contributed by atoms with Crippen molar-refractivity contribution in [3.63, 3.8) is 0 Å². The number of carboxylic acid groups (broad SMARTS) is 1. The van der Waals surface area contributed by atoms with E-state index in [9.17, 15) is 4.79 Å². The number of nitrogens with two attached hydrogens (primary N) is 1. The predicted molar refractivity (Wildman–Crippen MR) is 50.2 cm³/mol. The maximum Gasteiger partial charge on any atom is 0.308 e. The van der Waals surface area contributed by atoms with Gasteiger partial charge in [-0.15, -0.1) is 0 Å². The fraction of sp³-hybridized carbons (Fsp3) is 0.300. The Bertz CT molecular complexity index is 284. The van der Waals surface area contributed by atoms with E-state index < -0.39 is 17.9 Å². The highest BCUT2D eigenvalue weighted by Crippen LogP contribution is 2.18. The average molecular weight is 179 g/mol. The molecule has 0 bridgehead atoms. The van der Waals surface area contributed by atoms with Crippen molar-refractivity contribution >= 4 is 5.97 Å². The molecule has 0 saturated heterocycles. The fourth-order valence-corrected chi connectivity index (χ4v) is 1.12. The molecule has 0 amide bonds. The van der Waals surface area contributed by atoms with Gasteiger partial charge in [0, 0.05) is 6.04 Å². The van der Waals surface area contributed by atoms with Crippen LogP contribution in [0.4, 0.5) is 0 Å². The third kappa shape index (κ3) is 2.29. The van der Waals surface area contributed by atoms with Gasteiger partial charge in [-0.3, -0.25) is 4.79 Å². The molecule has 1 aromatic carbocycles. The topological polar surface area (TPSA) is 63.3 Å². The number of rotatable bonds is 3. The molecule has 0 aliphatic heterocycles. The van der Waals surface area contributed by atoms with Crippen molar-refractivity contribution in [2.75, 3.05) is 0 Å². The number of aliphatic carboxylic acids is 1. The molecule has 3 N–H and O–H groups in total. The Morgan fingerprint density at radius 2 is 1.92 bits per heavy atom. The highest BCUT2D eigenvalue weighted by Gasteiger charge is 2.20. The molecule has 2 atom stereocenters. The molecule has 0 aliphatic carbocycles. The molecule has 0 unspecified atom stereocenters. The van der Waals surface area contributed by atoms with Crippen LogP contribution in [-0.4, -0.2) is 11.1 Å². The standard InChI is InChI=1S/C10H13NO2/c1-7(10(12)13)9(11)8-5-3-2-4-6-8/h2-7,9H,11H2,1H3,(H,12,13)/t7-,9-/m1/s1. The highest BCUT2D eigenvalue weighted by atomic mass is 16.4. The van der Waals surface area contributed by atoms with Crippen molar-refractivity contribution in [1.29, 1.82) is 0 Å². The smallest absolute Gasteiger partial charge is 0.308 e. The first-order valence-electron chi connectivity index (χ1n) is 4.16. The Labute approximate surface area is 77.2 Å². The summed E-state index contributed by atoms with van der Waals surface area (Å²) in [5.74, 6) is -1.42. The van der Waals surface area contributed by atoms with Gasteiger partial charge in [-0.05, 0) is 5.56 Å². The molecule has 0 spiro atoms. The summed E-state index contributed by atoms with van der Waals surface area (Å²) in [5, 5.41) is 8.73. The second-order valence-electron chi connectivity index (χ2n) is 3.06. The largest absolute Gasteiger partial charge is 0.481 e. The summed E-state index contributed by atoms with van der Waals surface area (Å²) in [6.07, 6.45) is 0. The third-order valence-corrected chi connectivity index (χ3v) is 2.11. The zero-order valence-electron chi connectivity index (χ0n) is 7.47. The maximum atomic E-state index is 10.6. The van der Waals surface area contributed by atoms with Crippen LogP contribution in [0.5, 0.6) is 0 Å². The molecule has 0 fully saturated rings. The monoisotopic (exact) mass is 179 g/mol. The first-order valence-corrected chi connectivity index (χ1v) is 4.16. The molecule has 0 aliphatic rings. The van der Waals surface area contributed by atoms with E-state index in [4.69, 9.17) is 10.8 Å². The molecule has 70 valence electrons. The van der Waals surface area contributed by atoms with Gasteiger partial charge in [0.15, 0.2) is 0 Å². The van der Waals surface area contributed by atoms with Crippen LogP contribution in [0.25, 0.3) is 0 Å². The molecule has 0 heterocycles. The molecule has 0 radical (unpaired) electrons. The van der Waals surface area contributed by atoms with Crippen molar-refractivity contribution in [2.24, 2.45) is 11.7 Å². The van der Waals surface area contributed by atoms with Crippen molar-refractivity contribution in [3.05, 3.63) is 35.9 Å². The van der Waals surface area contributed by atoms with Crippen LogP contribution in [0.15, 0.2) is 30.3 Å². The van der Waals surface area contributed by atoms with E-state index in [1.165, 1.54) is 0 Å². The van der Waals surface area contributed by atoms with Gasteiger partial charge in [0.25, 0.3) is 0 Å². The van der Waals surface area contributed by atoms with Crippen molar-refractivity contribution in [1.82, 2.24) is 0 Å². The van der Waals surface area contributed by atoms with Gasteiger partial charge in [0.05, 0.1) is 5.92 Å². The van der Waals surface area contributed by atoms with Crippen LogP contribution in [0.1, 0.15) is 18.5 Å². The number of hydrogen-bond acceptors (Lipinski definition) is 2. The second kappa shape index (κ2) is 4.05.